The summed E-state index contributed by atoms with van der Waals surface area (Å²) in [6, 6.07) is 0.335. The number of piperidine rings is 1. The fourth-order valence-electron chi connectivity index (χ4n) is 3.63. The molecule has 2 N–H and O–H groups in total. The second-order valence-electron chi connectivity index (χ2n) is 7.66. The summed E-state index contributed by atoms with van der Waals surface area (Å²) in [6.07, 6.45) is 8.52. The van der Waals surface area contributed by atoms with Gasteiger partial charge in [-0.1, -0.05) is 40.0 Å². The highest BCUT2D eigenvalue weighted by Gasteiger charge is 2.31. The third kappa shape index (κ3) is 3.71. The van der Waals surface area contributed by atoms with Crippen LogP contribution in [-0.4, -0.2) is 30.6 Å². The van der Waals surface area contributed by atoms with E-state index in [-0.39, 0.29) is 5.41 Å². The molecule has 18 heavy (non-hydrogen) atoms. The second-order valence-corrected chi connectivity index (χ2v) is 7.66. The molecule has 2 rings (SSSR count). The lowest BCUT2D eigenvalue weighted by molar-refractivity contribution is 0.0817. The van der Waals surface area contributed by atoms with Crippen LogP contribution in [0.1, 0.15) is 59.3 Å². The maximum atomic E-state index is 6.27. The Bertz CT molecular complexity index is 256. The number of rotatable bonds is 3. The van der Waals surface area contributed by atoms with E-state index in [0.717, 1.165) is 18.3 Å². The smallest absolute Gasteiger partial charge is 0.00998 e. The molecular formula is C16H32N2. The average Bonchev–Trinajstić information content (AvgIpc) is 2.34. The first-order valence-electron chi connectivity index (χ1n) is 7.95. The molecule has 0 aromatic carbocycles. The van der Waals surface area contributed by atoms with Gasteiger partial charge in [0.25, 0.3) is 0 Å². The molecule has 0 spiro atoms. The van der Waals surface area contributed by atoms with Gasteiger partial charge in [-0.2, -0.15) is 0 Å². The zero-order valence-corrected chi connectivity index (χ0v) is 12.6. The molecule has 3 unspecified atom stereocenters. The van der Waals surface area contributed by atoms with E-state index in [1.165, 1.54) is 51.7 Å². The lowest BCUT2D eigenvalue weighted by atomic mass is 9.75. The first-order chi connectivity index (χ1) is 8.47. The van der Waals surface area contributed by atoms with Gasteiger partial charge in [0, 0.05) is 12.6 Å². The van der Waals surface area contributed by atoms with E-state index in [2.05, 4.69) is 25.7 Å². The van der Waals surface area contributed by atoms with Crippen molar-refractivity contribution in [3.63, 3.8) is 0 Å². The Kier molecular flexibility index (Phi) is 4.71. The normalized spacial score (nSPS) is 32.0. The van der Waals surface area contributed by atoms with Crippen LogP contribution in [0.25, 0.3) is 0 Å². The van der Waals surface area contributed by atoms with E-state index in [1.807, 2.05) is 0 Å². The molecule has 0 aromatic heterocycles. The van der Waals surface area contributed by atoms with Gasteiger partial charge < -0.3 is 10.6 Å². The van der Waals surface area contributed by atoms with Gasteiger partial charge in [-0.3, -0.25) is 0 Å². The summed E-state index contributed by atoms with van der Waals surface area (Å²) in [4.78, 5) is 2.68. The fraction of sp³-hybridized carbons (Fsp3) is 1.00. The van der Waals surface area contributed by atoms with Gasteiger partial charge in [0.05, 0.1) is 0 Å². The van der Waals surface area contributed by atoms with Crippen molar-refractivity contribution in [2.45, 2.75) is 65.3 Å². The minimum Gasteiger partial charge on any atom is -0.327 e. The Labute approximate surface area is 113 Å². The molecule has 1 aliphatic heterocycles. The van der Waals surface area contributed by atoms with Crippen molar-refractivity contribution in [1.82, 2.24) is 4.90 Å². The maximum Gasteiger partial charge on any atom is 0.00998 e. The quantitative estimate of drug-likeness (QED) is 0.835. The number of nitrogens with two attached hydrogens (primary N) is 1. The highest BCUT2D eigenvalue weighted by atomic mass is 15.1. The zero-order valence-electron chi connectivity index (χ0n) is 12.6. The van der Waals surface area contributed by atoms with E-state index in [4.69, 9.17) is 5.73 Å². The van der Waals surface area contributed by atoms with Crippen LogP contribution < -0.4 is 5.73 Å². The van der Waals surface area contributed by atoms with Crippen LogP contribution in [0.2, 0.25) is 0 Å². The average molecular weight is 252 g/mol. The predicted molar refractivity (Wildman–Crippen MR) is 78.6 cm³/mol. The molecule has 0 radical (unpaired) electrons. The van der Waals surface area contributed by atoms with Crippen molar-refractivity contribution in [1.29, 1.82) is 0 Å². The number of likely N-dealkylation sites (tertiary alicyclic amines) is 1. The minimum absolute atomic E-state index is 0.253. The lowest BCUT2D eigenvalue weighted by Crippen LogP contribution is -2.44. The molecule has 106 valence electrons. The lowest BCUT2D eigenvalue weighted by Gasteiger charge is -2.42. The molecule has 1 aliphatic carbocycles. The summed E-state index contributed by atoms with van der Waals surface area (Å²) in [5, 5.41) is 0. The summed E-state index contributed by atoms with van der Waals surface area (Å²) < 4.78 is 0. The molecule has 3 atom stereocenters. The number of nitrogens with zero attached hydrogens (tertiary/aromatic N) is 1. The SMILES string of the molecule is CC(C)(C)C(N)CCN1CCC2CCCCC2C1. The van der Waals surface area contributed by atoms with Crippen molar-refractivity contribution in [2.24, 2.45) is 23.0 Å². The van der Waals surface area contributed by atoms with Crippen LogP contribution in [0.15, 0.2) is 0 Å². The van der Waals surface area contributed by atoms with E-state index < -0.39 is 0 Å². The van der Waals surface area contributed by atoms with Gasteiger partial charge in [0.2, 0.25) is 0 Å². The van der Waals surface area contributed by atoms with Gasteiger partial charge >= 0.3 is 0 Å². The summed E-state index contributed by atoms with van der Waals surface area (Å²) >= 11 is 0. The van der Waals surface area contributed by atoms with Crippen molar-refractivity contribution >= 4 is 0 Å². The number of hydrogen-bond donors (Lipinski definition) is 1. The first kappa shape index (κ1) is 14.3. The molecule has 2 nitrogen and oxygen atoms in total. The fourth-order valence-corrected chi connectivity index (χ4v) is 3.63. The molecular weight excluding hydrogens is 220 g/mol. The van der Waals surface area contributed by atoms with Crippen molar-refractivity contribution in [3.8, 4) is 0 Å². The van der Waals surface area contributed by atoms with Gasteiger partial charge in [-0.25, -0.2) is 0 Å². The first-order valence-corrected chi connectivity index (χ1v) is 7.95. The Morgan fingerprint density at radius 2 is 1.78 bits per heavy atom. The van der Waals surface area contributed by atoms with Crippen LogP contribution >= 0.6 is 0 Å². The Balaban J connectivity index is 1.74. The molecule has 2 aliphatic rings. The van der Waals surface area contributed by atoms with Crippen molar-refractivity contribution < 1.29 is 0 Å². The molecule has 1 heterocycles. The molecule has 2 fully saturated rings. The van der Waals surface area contributed by atoms with Crippen LogP contribution in [0.3, 0.4) is 0 Å². The highest BCUT2D eigenvalue weighted by molar-refractivity contribution is 4.85. The zero-order chi connectivity index (χ0) is 13.2. The summed E-state index contributed by atoms with van der Waals surface area (Å²) in [5.74, 6) is 2.05. The second kappa shape index (κ2) is 5.92. The van der Waals surface area contributed by atoms with Crippen LogP contribution in [-0.2, 0) is 0 Å². The molecule has 0 aromatic rings. The monoisotopic (exact) mass is 252 g/mol. The predicted octanol–water partition coefficient (Wildman–Crippen LogP) is 3.26. The third-order valence-electron chi connectivity index (χ3n) is 5.24. The van der Waals surface area contributed by atoms with Crippen molar-refractivity contribution in [3.05, 3.63) is 0 Å². The van der Waals surface area contributed by atoms with E-state index in [0.29, 0.717) is 6.04 Å². The standard InChI is InChI=1S/C16H32N2/c1-16(2,3)15(17)9-11-18-10-8-13-6-4-5-7-14(13)12-18/h13-15H,4-12,17H2,1-3H3. The Hall–Kier alpha value is -0.0800. The van der Waals surface area contributed by atoms with Gasteiger partial charge in [-0.15, -0.1) is 0 Å². The number of fused-ring (bicyclic) bond motifs is 1. The highest BCUT2D eigenvalue weighted by Crippen LogP contribution is 2.36. The Morgan fingerprint density at radius 3 is 2.44 bits per heavy atom. The molecule has 2 heteroatoms. The Morgan fingerprint density at radius 1 is 1.11 bits per heavy atom. The molecule has 1 saturated heterocycles. The van der Waals surface area contributed by atoms with Gasteiger partial charge in [0.1, 0.15) is 0 Å². The maximum absolute atomic E-state index is 6.27. The summed E-state index contributed by atoms with van der Waals surface area (Å²) in [7, 11) is 0. The van der Waals surface area contributed by atoms with Crippen LogP contribution in [0.4, 0.5) is 0 Å². The topological polar surface area (TPSA) is 29.3 Å². The molecule has 0 amide bonds. The molecule has 0 bridgehead atoms. The summed E-state index contributed by atoms with van der Waals surface area (Å²) in [6.45, 7) is 10.6. The molecule has 1 saturated carbocycles. The van der Waals surface area contributed by atoms with Crippen LogP contribution in [0.5, 0.6) is 0 Å². The number of hydrogen-bond acceptors (Lipinski definition) is 2. The largest absolute Gasteiger partial charge is 0.327 e. The van der Waals surface area contributed by atoms with E-state index in [1.54, 1.807) is 0 Å². The van der Waals surface area contributed by atoms with E-state index >= 15 is 0 Å². The minimum atomic E-state index is 0.253. The third-order valence-corrected chi connectivity index (χ3v) is 5.24. The van der Waals surface area contributed by atoms with Crippen molar-refractivity contribution in [2.75, 3.05) is 19.6 Å². The summed E-state index contributed by atoms with van der Waals surface area (Å²) in [5.41, 5.74) is 6.53. The van der Waals surface area contributed by atoms with E-state index in [9.17, 15) is 0 Å². The van der Waals surface area contributed by atoms with Gasteiger partial charge in [-0.05, 0) is 49.6 Å². The van der Waals surface area contributed by atoms with Gasteiger partial charge in [0.15, 0.2) is 0 Å². The van der Waals surface area contributed by atoms with Crippen LogP contribution in [0, 0.1) is 17.3 Å².